The van der Waals surface area contributed by atoms with Crippen LogP contribution in [0.4, 0.5) is 0 Å². The fourth-order valence-corrected chi connectivity index (χ4v) is 3.47. The quantitative estimate of drug-likeness (QED) is 0.768. The van der Waals surface area contributed by atoms with Crippen molar-refractivity contribution in [2.45, 2.75) is 4.90 Å². The number of carboxylic acid groups (broad SMARTS) is 1. The van der Waals surface area contributed by atoms with E-state index in [-0.39, 0.29) is 17.2 Å². The van der Waals surface area contributed by atoms with E-state index in [1.807, 2.05) is 0 Å². The molecular formula is C12H12BrNO5S. The maximum Gasteiger partial charge on any atom is 0.318 e. The van der Waals surface area contributed by atoms with Gasteiger partial charge in [0, 0.05) is 4.47 Å². The molecule has 0 spiro atoms. The van der Waals surface area contributed by atoms with Crippen LogP contribution in [0.15, 0.2) is 27.6 Å². The van der Waals surface area contributed by atoms with Crippen molar-refractivity contribution >= 4 is 31.9 Å². The minimum atomic E-state index is -4.07. The predicted octanol–water partition coefficient (Wildman–Crippen LogP) is 1.17. The predicted molar refractivity (Wildman–Crippen MR) is 75.9 cm³/mol. The number of benzene rings is 1. The Morgan fingerprint density at radius 2 is 2.20 bits per heavy atom. The molecule has 0 amide bonds. The van der Waals surface area contributed by atoms with Crippen LogP contribution in [0.25, 0.3) is 0 Å². The molecule has 0 aliphatic rings. The van der Waals surface area contributed by atoms with E-state index in [2.05, 4.69) is 21.9 Å². The van der Waals surface area contributed by atoms with Gasteiger partial charge in [-0.2, -0.15) is 4.31 Å². The fraction of sp³-hybridized carbons (Fsp3) is 0.250. The molecule has 6 nitrogen and oxygen atoms in total. The van der Waals surface area contributed by atoms with Gasteiger partial charge < -0.3 is 9.84 Å². The lowest BCUT2D eigenvalue weighted by Crippen LogP contribution is -2.36. The van der Waals surface area contributed by atoms with Crippen LogP contribution in [0.5, 0.6) is 5.75 Å². The van der Waals surface area contributed by atoms with Crippen molar-refractivity contribution in [3.63, 3.8) is 0 Å². The molecule has 108 valence electrons. The third-order valence-electron chi connectivity index (χ3n) is 2.32. The fourth-order valence-electron chi connectivity index (χ4n) is 1.47. The van der Waals surface area contributed by atoms with Crippen LogP contribution < -0.4 is 4.74 Å². The third-order valence-corrected chi connectivity index (χ3v) is 4.63. The number of ether oxygens (including phenoxy) is 1. The van der Waals surface area contributed by atoms with E-state index < -0.39 is 22.5 Å². The second kappa shape index (κ2) is 6.74. The smallest absolute Gasteiger partial charge is 0.318 e. The molecule has 1 rings (SSSR count). The van der Waals surface area contributed by atoms with Crippen molar-refractivity contribution in [1.29, 1.82) is 0 Å². The minimum Gasteiger partial charge on any atom is -0.495 e. The minimum absolute atomic E-state index is 0.112. The third kappa shape index (κ3) is 3.72. The lowest BCUT2D eigenvalue weighted by molar-refractivity contribution is -0.137. The molecule has 0 heterocycles. The van der Waals surface area contributed by atoms with Gasteiger partial charge in [-0.3, -0.25) is 4.79 Å². The molecule has 20 heavy (non-hydrogen) atoms. The molecule has 0 aliphatic heterocycles. The molecule has 0 fully saturated rings. The molecule has 0 bridgehead atoms. The molecule has 8 heteroatoms. The molecular weight excluding hydrogens is 350 g/mol. The molecule has 1 aromatic rings. The highest BCUT2D eigenvalue weighted by Gasteiger charge is 2.29. The summed E-state index contributed by atoms with van der Waals surface area (Å²) < 4.78 is 31.1. The van der Waals surface area contributed by atoms with E-state index in [0.717, 1.165) is 0 Å². The first-order valence-electron chi connectivity index (χ1n) is 5.32. The van der Waals surface area contributed by atoms with E-state index in [9.17, 15) is 13.2 Å². The number of hydrogen-bond acceptors (Lipinski definition) is 4. The van der Waals surface area contributed by atoms with E-state index >= 15 is 0 Å². The summed E-state index contributed by atoms with van der Waals surface area (Å²) in [5, 5.41) is 8.79. The molecule has 0 aromatic heterocycles. The zero-order valence-electron chi connectivity index (χ0n) is 10.5. The Hall–Kier alpha value is -1.56. The number of halogens is 1. The normalized spacial score (nSPS) is 11.1. The van der Waals surface area contributed by atoms with Gasteiger partial charge in [-0.25, -0.2) is 8.42 Å². The number of carbonyl (C=O) groups is 1. The van der Waals surface area contributed by atoms with E-state index in [0.29, 0.717) is 8.78 Å². The van der Waals surface area contributed by atoms with Gasteiger partial charge in [-0.1, -0.05) is 21.9 Å². The maximum atomic E-state index is 12.5. The highest BCUT2D eigenvalue weighted by Crippen LogP contribution is 2.29. The second-order valence-corrected chi connectivity index (χ2v) is 6.49. The Bertz CT molecular complexity index is 650. The standard InChI is InChI=1S/C12H12BrNO5S/c1-3-6-14(8-12(15)16)20(17,18)11-7-9(13)4-5-10(11)19-2/h1,4-5,7H,6,8H2,2H3,(H,15,16). The first-order valence-corrected chi connectivity index (χ1v) is 7.55. The monoisotopic (exact) mass is 361 g/mol. The Labute approximate surface area is 125 Å². The summed E-state index contributed by atoms with van der Waals surface area (Å²) in [5.41, 5.74) is 0. The van der Waals surface area contributed by atoms with Gasteiger partial charge in [-0.05, 0) is 18.2 Å². The van der Waals surface area contributed by atoms with Gasteiger partial charge in [-0.15, -0.1) is 6.42 Å². The number of hydrogen-bond donors (Lipinski definition) is 1. The lowest BCUT2D eigenvalue weighted by atomic mass is 10.3. The molecule has 0 saturated carbocycles. The summed E-state index contributed by atoms with van der Waals surface area (Å²) in [6, 6.07) is 4.41. The van der Waals surface area contributed by atoms with Gasteiger partial charge in [0.05, 0.1) is 13.7 Å². The molecule has 0 atom stereocenters. The van der Waals surface area contributed by atoms with Crippen LogP contribution in [0.2, 0.25) is 0 Å². The van der Waals surface area contributed by atoms with Crippen LogP contribution in [0, 0.1) is 12.3 Å². The lowest BCUT2D eigenvalue weighted by Gasteiger charge is -2.19. The SMILES string of the molecule is C#CCN(CC(=O)O)S(=O)(=O)c1cc(Br)ccc1OC. The summed E-state index contributed by atoms with van der Waals surface area (Å²) in [7, 11) is -2.74. The van der Waals surface area contributed by atoms with Gasteiger partial charge in [0.2, 0.25) is 10.0 Å². The first kappa shape index (κ1) is 16.5. The Morgan fingerprint density at radius 1 is 1.55 bits per heavy atom. The number of nitrogens with zero attached hydrogens (tertiary/aromatic N) is 1. The number of sulfonamides is 1. The van der Waals surface area contributed by atoms with Crippen LogP contribution in [-0.4, -0.2) is 44.0 Å². The van der Waals surface area contributed by atoms with Crippen molar-refractivity contribution in [3.8, 4) is 18.1 Å². The molecule has 0 unspecified atom stereocenters. The summed E-state index contributed by atoms with van der Waals surface area (Å²) in [6.07, 6.45) is 5.09. The number of rotatable bonds is 6. The average molecular weight is 362 g/mol. The summed E-state index contributed by atoms with van der Waals surface area (Å²) >= 11 is 3.16. The number of methoxy groups -OCH3 is 1. The van der Waals surface area contributed by atoms with Crippen LogP contribution in [-0.2, 0) is 14.8 Å². The number of terminal acetylenes is 1. The largest absolute Gasteiger partial charge is 0.495 e. The summed E-state index contributed by atoms with van der Waals surface area (Å²) in [6.45, 7) is -1.06. The molecule has 0 aliphatic carbocycles. The molecule has 0 saturated heterocycles. The average Bonchev–Trinajstić information content (AvgIpc) is 2.37. The highest BCUT2D eigenvalue weighted by atomic mass is 79.9. The van der Waals surface area contributed by atoms with Gasteiger partial charge >= 0.3 is 5.97 Å². The van der Waals surface area contributed by atoms with Crippen molar-refractivity contribution in [3.05, 3.63) is 22.7 Å². The van der Waals surface area contributed by atoms with Crippen LogP contribution in [0.3, 0.4) is 0 Å². The summed E-state index contributed by atoms with van der Waals surface area (Å²) in [5.74, 6) is 0.950. The Kier molecular flexibility index (Phi) is 5.56. The second-order valence-electron chi connectivity index (χ2n) is 3.67. The molecule has 1 aromatic carbocycles. The maximum absolute atomic E-state index is 12.5. The zero-order chi connectivity index (χ0) is 15.3. The van der Waals surface area contributed by atoms with Crippen LogP contribution in [0.1, 0.15) is 0 Å². The number of aliphatic carboxylic acids is 1. The van der Waals surface area contributed by atoms with E-state index in [1.54, 1.807) is 6.07 Å². The summed E-state index contributed by atoms with van der Waals surface area (Å²) in [4.78, 5) is 10.6. The van der Waals surface area contributed by atoms with Crippen LogP contribution >= 0.6 is 15.9 Å². The van der Waals surface area contributed by atoms with Gasteiger partial charge in [0.25, 0.3) is 0 Å². The highest BCUT2D eigenvalue weighted by molar-refractivity contribution is 9.10. The Balaban J connectivity index is 3.36. The topological polar surface area (TPSA) is 83.9 Å². The number of carboxylic acids is 1. The molecule has 0 radical (unpaired) electrons. The van der Waals surface area contributed by atoms with Gasteiger partial charge in [0.1, 0.15) is 17.2 Å². The van der Waals surface area contributed by atoms with Crippen molar-refractivity contribution in [2.75, 3.05) is 20.2 Å². The zero-order valence-corrected chi connectivity index (χ0v) is 12.9. The van der Waals surface area contributed by atoms with Crippen molar-refractivity contribution < 1.29 is 23.1 Å². The van der Waals surface area contributed by atoms with Gasteiger partial charge in [0.15, 0.2) is 0 Å². The Morgan fingerprint density at radius 3 is 2.70 bits per heavy atom. The van der Waals surface area contributed by atoms with Crippen molar-refractivity contribution in [1.82, 2.24) is 4.31 Å². The van der Waals surface area contributed by atoms with Crippen molar-refractivity contribution in [2.24, 2.45) is 0 Å². The van der Waals surface area contributed by atoms with E-state index in [4.69, 9.17) is 16.3 Å². The molecule has 1 N–H and O–H groups in total. The van der Waals surface area contributed by atoms with E-state index in [1.165, 1.54) is 19.2 Å². The first-order chi connectivity index (χ1) is 9.32.